The van der Waals surface area contributed by atoms with E-state index in [1.54, 1.807) is 0 Å². The lowest BCUT2D eigenvalue weighted by atomic mass is 9.75. The van der Waals surface area contributed by atoms with Gasteiger partial charge in [0.1, 0.15) is 0 Å². The Balaban J connectivity index is 2.10. The minimum absolute atomic E-state index is 0.170. The molecule has 0 spiro atoms. The summed E-state index contributed by atoms with van der Waals surface area (Å²) in [4.78, 5) is 7.04. The first-order valence-corrected chi connectivity index (χ1v) is 7.39. The van der Waals surface area contributed by atoms with Crippen LogP contribution in [0.1, 0.15) is 44.0 Å². The molecule has 1 saturated carbocycles. The van der Waals surface area contributed by atoms with Crippen molar-refractivity contribution >= 4 is 0 Å². The van der Waals surface area contributed by atoms with Crippen molar-refractivity contribution in [3.63, 3.8) is 0 Å². The van der Waals surface area contributed by atoms with E-state index in [0.717, 1.165) is 30.4 Å². The number of aryl methyl sites for hydroxylation is 1. The third-order valence-electron chi connectivity index (χ3n) is 4.60. The van der Waals surface area contributed by atoms with E-state index in [1.807, 2.05) is 13.0 Å². The summed E-state index contributed by atoms with van der Waals surface area (Å²) >= 11 is 0. The van der Waals surface area contributed by atoms with Gasteiger partial charge in [-0.05, 0) is 44.9 Å². The van der Waals surface area contributed by atoms with Gasteiger partial charge in [-0.25, -0.2) is 0 Å². The largest absolute Gasteiger partial charge is 0.329 e. The molecule has 1 fully saturated rings. The fourth-order valence-electron chi connectivity index (χ4n) is 3.42. The number of likely N-dealkylation sites (N-methyl/N-ethyl adjacent to an activating group) is 1. The lowest BCUT2D eigenvalue weighted by Crippen LogP contribution is -2.54. The van der Waals surface area contributed by atoms with Crippen molar-refractivity contribution in [2.45, 2.75) is 51.6 Å². The predicted octanol–water partition coefficient (Wildman–Crippen LogP) is 2.73. The Kier molecular flexibility index (Phi) is 4.58. The maximum Gasteiger partial charge on any atom is 0.0547 e. The van der Waals surface area contributed by atoms with E-state index < -0.39 is 0 Å². The number of nitrogens with zero attached hydrogens (tertiary/aromatic N) is 2. The van der Waals surface area contributed by atoms with Crippen LogP contribution in [0.25, 0.3) is 0 Å². The molecule has 0 saturated heterocycles. The van der Waals surface area contributed by atoms with Gasteiger partial charge in [0, 0.05) is 24.3 Å². The summed E-state index contributed by atoms with van der Waals surface area (Å²) in [5.74, 6) is 0.783. The Hall–Kier alpha value is -0.930. The second-order valence-corrected chi connectivity index (χ2v) is 6.26. The Morgan fingerprint density at radius 2 is 2.26 bits per heavy atom. The quantitative estimate of drug-likeness (QED) is 0.906. The topological polar surface area (TPSA) is 42.1 Å². The van der Waals surface area contributed by atoms with E-state index in [1.165, 1.54) is 25.7 Å². The van der Waals surface area contributed by atoms with E-state index in [9.17, 15) is 0 Å². The van der Waals surface area contributed by atoms with Gasteiger partial charge in [0.15, 0.2) is 0 Å². The minimum Gasteiger partial charge on any atom is -0.329 e. The molecule has 0 aromatic carbocycles. The zero-order valence-corrected chi connectivity index (χ0v) is 12.5. The number of rotatable bonds is 4. The summed E-state index contributed by atoms with van der Waals surface area (Å²) in [6, 6.07) is 6.25. The second kappa shape index (κ2) is 6.02. The van der Waals surface area contributed by atoms with Crippen molar-refractivity contribution in [2.75, 3.05) is 13.6 Å². The van der Waals surface area contributed by atoms with Gasteiger partial charge in [-0.3, -0.25) is 9.88 Å². The number of nitrogens with two attached hydrogens (primary N) is 1. The maximum absolute atomic E-state index is 6.12. The number of hydrogen-bond acceptors (Lipinski definition) is 3. The van der Waals surface area contributed by atoms with Crippen LogP contribution in [0.3, 0.4) is 0 Å². The molecule has 1 aromatic rings. The van der Waals surface area contributed by atoms with E-state index in [0.29, 0.717) is 0 Å². The minimum atomic E-state index is 0.170. The molecule has 1 aromatic heterocycles. The van der Waals surface area contributed by atoms with Crippen LogP contribution in [0, 0.1) is 12.8 Å². The van der Waals surface area contributed by atoms with E-state index in [2.05, 4.69) is 36.0 Å². The first-order chi connectivity index (χ1) is 9.05. The van der Waals surface area contributed by atoms with Crippen LogP contribution in [0.4, 0.5) is 0 Å². The highest BCUT2D eigenvalue weighted by molar-refractivity contribution is 5.10. The lowest BCUT2D eigenvalue weighted by Gasteiger charge is -2.46. The zero-order chi connectivity index (χ0) is 13.9. The van der Waals surface area contributed by atoms with Crippen molar-refractivity contribution in [3.8, 4) is 0 Å². The molecule has 1 aliphatic carbocycles. The van der Waals surface area contributed by atoms with Crippen LogP contribution in [0.15, 0.2) is 18.2 Å². The molecule has 1 aliphatic rings. The molecule has 2 rings (SSSR count). The highest BCUT2D eigenvalue weighted by Crippen LogP contribution is 2.36. The van der Waals surface area contributed by atoms with E-state index in [-0.39, 0.29) is 5.54 Å². The fourth-order valence-corrected chi connectivity index (χ4v) is 3.42. The summed E-state index contributed by atoms with van der Waals surface area (Å²) in [6.45, 7) is 6.04. The van der Waals surface area contributed by atoms with Crippen molar-refractivity contribution in [3.05, 3.63) is 29.6 Å². The highest BCUT2D eigenvalue weighted by Gasteiger charge is 2.37. The third kappa shape index (κ3) is 3.34. The van der Waals surface area contributed by atoms with Gasteiger partial charge in [0.2, 0.25) is 0 Å². The fraction of sp³-hybridized carbons (Fsp3) is 0.688. The second-order valence-electron chi connectivity index (χ2n) is 6.26. The normalized spacial score (nSPS) is 27.7. The molecule has 2 N–H and O–H groups in total. The maximum atomic E-state index is 6.12. The summed E-state index contributed by atoms with van der Waals surface area (Å²) < 4.78 is 0. The Morgan fingerprint density at radius 1 is 1.47 bits per heavy atom. The van der Waals surface area contributed by atoms with Crippen molar-refractivity contribution < 1.29 is 0 Å². The van der Waals surface area contributed by atoms with E-state index in [4.69, 9.17) is 5.73 Å². The molecule has 0 aliphatic heterocycles. The molecular weight excluding hydrogens is 234 g/mol. The van der Waals surface area contributed by atoms with Crippen LogP contribution in [0.2, 0.25) is 0 Å². The van der Waals surface area contributed by atoms with Crippen molar-refractivity contribution in [1.29, 1.82) is 0 Å². The smallest absolute Gasteiger partial charge is 0.0547 e. The summed E-state index contributed by atoms with van der Waals surface area (Å²) in [5.41, 5.74) is 8.53. The van der Waals surface area contributed by atoms with Crippen LogP contribution < -0.4 is 5.73 Å². The van der Waals surface area contributed by atoms with Crippen LogP contribution in [-0.4, -0.2) is 29.0 Å². The summed E-state index contributed by atoms with van der Waals surface area (Å²) in [5, 5.41) is 0. The van der Waals surface area contributed by atoms with Crippen molar-refractivity contribution in [2.24, 2.45) is 11.7 Å². The summed E-state index contributed by atoms with van der Waals surface area (Å²) in [6.07, 6.45) is 5.07. The molecule has 19 heavy (non-hydrogen) atoms. The third-order valence-corrected chi connectivity index (χ3v) is 4.60. The zero-order valence-electron chi connectivity index (χ0n) is 12.5. The van der Waals surface area contributed by atoms with E-state index >= 15 is 0 Å². The average Bonchev–Trinajstić information content (AvgIpc) is 2.38. The van der Waals surface area contributed by atoms with Gasteiger partial charge >= 0.3 is 0 Å². The highest BCUT2D eigenvalue weighted by atomic mass is 15.2. The molecule has 0 amide bonds. The predicted molar refractivity (Wildman–Crippen MR) is 79.9 cm³/mol. The van der Waals surface area contributed by atoms with Gasteiger partial charge < -0.3 is 5.73 Å². The number of hydrogen-bond donors (Lipinski definition) is 1. The van der Waals surface area contributed by atoms with Crippen LogP contribution in [0.5, 0.6) is 0 Å². The molecule has 2 unspecified atom stereocenters. The molecule has 0 bridgehead atoms. The van der Waals surface area contributed by atoms with Gasteiger partial charge in [-0.15, -0.1) is 0 Å². The Bertz CT molecular complexity index is 418. The first-order valence-electron chi connectivity index (χ1n) is 7.39. The number of aromatic nitrogens is 1. The molecule has 2 atom stereocenters. The average molecular weight is 261 g/mol. The van der Waals surface area contributed by atoms with Crippen LogP contribution in [-0.2, 0) is 6.54 Å². The van der Waals surface area contributed by atoms with Gasteiger partial charge in [-0.1, -0.05) is 25.8 Å². The van der Waals surface area contributed by atoms with Gasteiger partial charge in [0.25, 0.3) is 0 Å². The molecule has 106 valence electrons. The van der Waals surface area contributed by atoms with Gasteiger partial charge in [-0.2, -0.15) is 0 Å². The Labute approximate surface area is 117 Å². The first kappa shape index (κ1) is 14.5. The Morgan fingerprint density at radius 3 is 2.89 bits per heavy atom. The lowest BCUT2D eigenvalue weighted by molar-refractivity contribution is 0.0544. The van der Waals surface area contributed by atoms with Crippen molar-refractivity contribution in [1.82, 2.24) is 9.88 Å². The summed E-state index contributed by atoms with van der Waals surface area (Å²) in [7, 11) is 2.20. The monoisotopic (exact) mass is 261 g/mol. The molecular formula is C16H27N3. The molecule has 3 nitrogen and oxygen atoms in total. The standard InChI is InChI=1S/C16H27N3/c1-13-6-5-9-16(10-13,12-17)19(3)11-15-8-4-7-14(2)18-15/h4,7-8,13H,5-6,9-12,17H2,1-3H3. The molecule has 1 heterocycles. The molecule has 3 heteroatoms. The van der Waals surface area contributed by atoms with Gasteiger partial charge in [0.05, 0.1) is 5.69 Å². The number of pyridine rings is 1. The molecule has 0 radical (unpaired) electrons. The SMILES string of the molecule is Cc1cccc(CN(C)C2(CN)CCCC(C)C2)n1. The van der Waals surface area contributed by atoms with Crippen LogP contribution >= 0.6 is 0 Å².